The number of rotatable bonds is 6. The molecule has 2 amide bonds. The van der Waals surface area contributed by atoms with Crippen molar-refractivity contribution < 1.29 is 37.0 Å². The number of amides is 2. The van der Waals surface area contributed by atoms with E-state index in [0.29, 0.717) is 6.07 Å². The second-order valence-electron chi connectivity index (χ2n) is 6.11. The Bertz CT molecular complexity index is 689. The molecular weight excluding hydrogens is 357 g/mol. The second kappa shape index (κ2) is 9.07. The first kappa shape index (κ1) is 21.3. The van der Waals surface area contributed by atoms with Gasteiger partial charge < -0.3 is 20.1 Å². The van der Waals surface area contributed by atoms with Crippen molar-refractivity contribution in [2.45, 2.75) is 32.8 Å². The van der Waals surface area contributed by atoms with Crippen LogP contribution in [0.15, 0.2) is 12.1 Å². The summed E-state index contributed by atoms with van der Waals surface area (Å²) in [5.41, 5.74) is -1.27. The van der Waals surface area contributed by atoms with Crippen LogP contribution in [0.25, 0.3) is 0 Å². The number of benzene rings is 1. The Morgan fingerprint density at radius 3 is 2.35 bits per heavy atom. The van der Waals surface area contributed by atoms with Gasteiger partial charge in [-0.3, -0.25) is 9.59 Å². The summed E-state index contributed by atoms with van der Waals surface area (Å²) >= 11 is 0. The highest BCUT2D eigenvalue weighted by atomic mass is 19.2. The van der Waals surface area contributed by atoms with Gasteiger partial charge in [0.05, 0.1) is 12.1 Å². The lowest BCUT2D eigenvalue weighted by molar-refractivity contribution is -0.147. The number of ether oxygens (including phenoxy) is 2. The van der Waals surface area contributed by atoms with E-state index in [1.807, 2.05) is 5.32 Å². The van der Waals surface area contributed by atoms with Gasteiger partial charge in [-0.2, -0.15) is 0 Å². The molecule has 0 saturated carbocycles. The van der Waals surface area contributed by atoms with Crippen LogP contribution in [0.1, 0.15) is 27.2 Å². The highest BCUT2D eigenvalue weighted by molar-refractivity contribution is 5.92. The molecular formula is C16H19F3N2O5. The third-order valence-electron chi connectivity index (χ3n) is 2.67. The van der Waals surface area contributed by atoms with Crippen LogP contribution in [-0.4, -0.2) is 36.7 Å². The molecule has 0 radical (unpaired) electrons. The Morgan fingerprint density at radius 2 is 1.73 bits per heavy atom. The number of hydrogen-bond acceptors (Lipinski definition) is 5. The fourth-order valence-corrected chi connectivity index (χ4v) is 1.61. The first-order valence-corrected chi connectivity index (χ1v) is 7.55. The van der Waals surface area contributed by atoms with E-state index in [4.69, 9.17) is 4.74 Å². The Balaban J connectivity index is 2.33. The van der Waals surface area contributed by atoms with Crippen LogP contribution in [0.3, 0.4) is 0 Å². The molecule has 0 fully saturated rings. The fraction of sp³-hybridized carbons (Fsp3) is 0.438. The Morgan fingerprint density at radius 1 is 1.08 bits per heavy atom. The van der Waals surface area contributed by atoms with E-state index in [-0.39, 0.29) is 13.0 Å². The number of esters is 1. The second-order valence-corrected chi connectivity index (χ2v) is 6.11. The van der Waals surface area contributed by atoms with Crippen molar-refractivity contribution >= 4 is 23.7 Å². The number of halogens is 3. The van der Waals surface area contributed by atoms with E-state index < -0.39 is 53.3 Å². The number of carbonyl (C=O) groups excluding carboxylic acids is 3. The summed E-state index contributed by atoms with van der Waals surface area (Å²) in [7, 11) is 0. The normalized spacial score (nSPS) is 10.8. The zero-order valence-electron chi connectivity index (χ0n) is 14.5. The number of anilines is 1. The average Bonchev–Trinajstić information content (AvgIpc) is 2.52. The van der Waals surface area contributed by atoms with Crippen molar-refractivity contribution in [3.05, 3.63) is 29.6 Å². The molecule has 26 heavy (non-hydrogen) atoms. The molecule has 0 atom stereocenters. The lowest BCUT2D eigenvalue weighted by atomic mass is 10.2. The van der Waals surface area contributed by atoms with Crippen molar-refractivity contribution in [1.82, 2.24) is 5.32 Å². The molecule has 0 bridgehead atoms. The summed E-state index contributed by atoms with van der Waals surface area (Å²) in [6.07, 6.45) is -0.941. The Hall–Kier alpha value is -2.78. The number of alkyl carbamates (subject to hydrolysis) is 1. The molecule has 7 nitrogen and oxygen atoms in total. The lowest BCUT2D eigenvalue weighted by Crippen LogP contribution is -2.34. The van der Waals surface area contributed by atoms with Gasteiger partial charge in [0.1, 0.15) is 5.60 Å². The third-order valence-corrected chi connectivity index (χ3v) is 2.67. The largest absolute Gasteiger partial charge is 0.456 e. The molecule has 1 aromatic carbocycles. The van der Waals surface area contributed by atoms with Crippen LogP contribution >= 0.6 is 0 Å². The average molecular weight is 376 g/mol. The number of nitrogens with one attached hydrogen (secondary N) is 2. The van der Waals surface area contributed by atoms with Gasteiger partial charge >= 0.3 is 12.1 Å². The maximum atomic E-state index is 13.4. The van der Waals surface area contributed by atoms with Gasteiger partial charge in [0.15, 0.2) is 24.1 Å². The third kappa shape index (κ3) is 7.41. The number of hydrogen-bond donors (Lipinski definition) is 2. The number of carbonyl (C=O) groups is 3. The van der Waals surface area contributed by atoms with Gasteiger partial charge in [-0.1, -0.05) is 0 Å². The quantitative estimate of drug-likeness (QED) is 0.588. The van der Waals surface area contributed by atoms with Gasteiger partial charge in [0, 0.05) is 6.54 Å². The summed E-state index contributed by atoms with van der Waals surface area (Å²) in [4.78, 5) is 34.3. The molecule has 1 rings (SSSR count). The molecule has 144 valence electrons. The van der Waals surface area contributed by atoms with E-state index in [0.717, 1.165) is 6.07 Å². The van der Waals surface area contributed by atoms with Crippen LogP contribution in [0, 0.1) is 17.5 Å². The predicted molar refractivity (Wildman–Crippen MR) is 84.8 cm³/mol. The highest BCUT2D eigenvalue weighted by Crippen LogP contribution is 2.19. The SMILES string of the molecule is CC(C)(C)OC(=O)NCCC(=O)OCC(=O)Nc1ccc(F)c(F)c1F. The van der Waals surface area contributed by atoms with Crippen molar-refractivity contribution in [2.75, 3.05) is 18.5 Å². The molecule has 0 aliphatic carbocycles. The summed E-state index contributed by atoms with van der Waals surface area (Å²) in [5, 5.41) is 4.27. The van der Waals surface area contributed by atoms with E-state index in [1.54, 1.807) is 20.8 Å². The molecule has 0 aliphatic rings. The molecule has 10 heteroatoms. The van der Waals surface area contributed by atoms with E-state index in [1.165, 1.54) is 0 Å². The zero-order chi connectivity index (χ0) is 19.9. The highest BCUT2D eigenvalue weighted by Gasteiger charge is 2.17. The van der Waals surface area contributed by atoms with Crippen LogP contribution < -0.4 is 10.6 Å². The van der Waals surface area contributed by atoms with Crippen molar-refractivity contribution in [3.8, 4) is 0 Å². The smallest absolute Gasteiger partial charge is 0.407 e. The lowest BCUT2D eigenvalue weighted by Gasteiger charge is -2.19. The van der Waals surface area contributed by atoms with Crippen molar-refractivity contribution in [3.63, 3.8) is 0 Å². The first-order valence-electron chi connectivity index (χ1n) is 7.55. The van der Waals surface area contributed by atoms with Crippen molar-refractivity contribution in [1.29, 1.82) is 0 Å². The summed E-state index contributed by atoms with van der Waals surface area (Å²) in [6.45, 7) is 4.19. The van der Waals surface area contributed by atoms with Crippen LogP contribution in [0.2, 0.25) is 0 Å². The summed E-state index contributed by atoms with van der Waals surface area (Å²) < 4.78 is 48.8. The first-order chi connectivity index (χ1) is 12.0. The van der Waals surface area contributed by atoms with Crippen LogP contribution in [-0.2, 0) is 19.1 Å². The zero-order valence-corrected chi connectivity index (χ0v) is 14.5. The van der Waals surface area contributed by atoms with Crippen LogP contribution in [0.5, 0.6) is 0 Å². The fourth-order valence-electron chi connectivity index (χ4n) is 1.61. The molecule has 1 aromatic rings. The van der Waals surface area contributed by atoms with E-state index >= 15 is 0 Å². The molecule has 0 unspecified atom stereocenters. The predicted octanol–water partition coefficient (Wildman–Crippen LogP) is 2.50. The minimum Gasteiger partial charge on any atom is -0.456 e. The van der Waals surface area contributed by atoms with Gasteiger partial charge in [0.25, 0.3) is 5.91 Å². The molecule has 0 heterocycles. The maximum absolute atomic E-state index is 13.4. The topological polar surface area (TPSA) is 93.7 Å². The summed E-state index contributed by atoms with van der Waals surface area (Å²) in [6, 6.07) is 1.47. The summed E-state index contributed by atoms with van der Waals surface area (Å²) in [5.74, 6) is -6.44. The minimum absolute atomic E-state index is 0.0762. The Kier molecular flexibility index (Phi) is 7.41. The standard InChI is InChI=1S/C16H19F3N2O5/c1-16(2,3)26-15(24)20-7-6-12(23)25-8-11(22)21-10-5-4-9(17)13(18)14(10)19/h4-5H,6-8H2,1-3H3,(H,20,24)(H,21,22). The molecule has 0 aromatic heterocycles. The molecule has 0 aliphatic heterocycles. The van der Waals surface area contributed by atoms with Crippen molar-refractivity contribution in [2.24, 2.45) is 0 Å². The van der Waals surface area contributed by atoms with Gasteiger partial charge in [-0.25, -0.2) is 18.0 Å². The van der Waals surface area contributed by atoms with E-state index in [9.17, 15) is 27.6 Å². The van der Waals surface area contributed by atoms with E-state index in [2.05, 4.69) is 10.1 Å². The molecule has 2 N–H and O–H groups in total. The van der Waals surface area contributed by atoms with Gasteiger partial charge in [0.2, 0.25) is 0 Å². The Labute approximate surface area is 147 Å². The van der Waals surface area contributed by atoms with Crippen LogP contribution in [0.4, 0.5) is 23.7 Å². The monoisotopic (exact) mass is 376 g/mol. The van der Waals surface area contributed by atoms with Gasteiger partial charge in [-0.15, -0.1) is 0 Å². The maximum Gasteiger partial charge on any atom is 0.407 e. The molecule has 0 spiro atoms. The van der Waals surface area contributed by atoms with Gasteiger partial charge in [-0.05, 0) is 32.9 Å². The molecule has 0 saturated heterocycles. The minimum atomic E-state index is -1.73.